The van der Waals surface area contributed by atoms with Gasteiger partial charge in [0.05, 0.1) is 6.10 Å². The maximum Gasteiger partial charge on any atom is 0.274 e. The largest absolute Gasteiger partial charge is 0.491 e. The molecule has 0 spiro atoms. The van der Waals surface area contributed by atoms with Crippen LogP contribution >= 0.6 is 0 Å². The molecule has 150 valence electrons. The van der Waals surface area contributed by atoms with Gasteiger partial charge in [-0.25, -0.2) is 9.97 Å². The lowest BCUT2D eigenvalue weighted by Gasteiger charge is -2.12. The molecular weight excluding hydrogens is 364 g/mol. The molecule has 1 aromatic heterocycles. The average molecular weight is 390 g/mol. The number of carbonyl (C=O) groups excluding carboxylic acids is 1. The van der Waals surface area contributed by atoms with E-state index in [1.807, 2.05) is 62.4 Å². The van der Waals surface area contributed by atoms with Crippen molar-refractivity contribution in [1.82, 2.24) is 9.97 Å². The molecule has 3 rings (SSSR count). The van der Waals surface area contributed by atoms with E-state index in [0.29, 0.717) is 17.3 Å². The highest BCUT2D eigenvalue weighted by atomic mass is 16.5. The average Bonchev–Trinajstić information content (AvgIpc) is 2.69. The molecule has 0 aliphatic heterocycles. The van der Waals surface area contributed by atoms with E-state index >= 15 is 0 Å². The van der Waals surface area contributed by atoms with Crippen molar-refractivity contribution in [2.24, 2.45) is 0 Å². The second-order valence-corrected chi connectivity index (χ2v) is 6.97. The van der Waals surface area contributed by atoms with Gasteiger partial charge in [-0.15, -0.1) is 0 Å². The summed E-state index contributed by atoms with van der Waals surface area (Å²) in [7, 11) is 0. The fraction of sp³-hybridized carbons (Fsp3) is 0.261. The molecule has 0 radical (unpaired) electrons. The van der Waals surface area contributed by atoms with Crippen LogP contribution in [0.2, 0.25) is 0 Å². The van der Waals surface area contributed by atoms with Crippen molar-refractivity contribution in [1.29, 1.82) is 0 Å². The zero-order valence-corrected chi connectivity index (χ0v) is 17.2. The summed E-state index contributed by atoms with van der Waals surface area (Å²) in [5.41, 5.74) is 3.03. The Balaban J connectivity index is 1.76. The fourth-order valence-electron chi connectivity index (χ4n) is 2.92. The smallest absolute Gasteiger partial charge is 0.274 e. The van der Waals surface area contributed by atoms with E-state index in [0.717, 1.165) is 29.1 Å². The summed E-state index contributed by atoms with van der Waals surface area (Å²) in [6, 6.07) is 17.0. The summed E-state index contributed by atoms with van der Waals surface area (Å²) in [4.78, 5) is 21.4. The number of nitrogens with one attached hydrogen (secondary N) is 2. The Hall–Kier alpha value is -3.41. The number of hydrogen-bond donors (Lipinski definition) is 2. The van der Waals surface area contributed by atoms with Gasteiger partial charge in [0, 0.05) is 17.4 Å². The number of hydrogen-bond acceptors (Lipinski definition) is 5. The second-order valence-electron chi connectivity index (χ2n) is 6.97. The van der Waals surface area contributed by atoms with Crippen molar-refractivity contribution in [3.8, 4) is 5.75 Å². The number of para-hydroxylation sites is 1. The summed E-state index contributed by atoms with van der Waals surface area (Å²) < 4.78 is 5.66. The Bertz CT molecular complexity index is 984. The highest BCUT2D eigenvalue weighted by molar-refractivity contribution is 6.03. The van der Waals surface area contributed by atoms with Crippen LogP contribution in [0.5, 0.6) is 5.75 Å². The van der Waals surface area contributed by atoms with Gasteiger partial charge in [-0.2, -0.15) is 0 Å². The minimum absolute atomic E-state index is 0.122. The zero-order valence-electron chi connectivity index (χ0n) is 17.2. The first kappa shape index (κ1) is 20.3. The Kier molecular flexibility index (Phi) is 6.44. The molecule has 0 bridgehead atoms. The number of carbonyl (C=O) groups is 1. The first-order chi connectivity index (χ1) is 13.9. The first-order valence-electron chi connectivity index (χ1n) is 9.73. The Morgan fingerprint density at radius 1 is 1.07 bits per heavy atom. The van der Waals surface area contributed by atoms with Crippen LogP contribution in [-0.2, 0) is 6.42 Å². The number of benzene rings is 2. The van der Waals surface area contributed by atoms with Gasteiger partial charge in [0.1, 0.15) is 23.1 Å². The molecule has 29 heavy (non-hydrogen) atoms. The zero-order chi connectivity index (χ0) is 20.8. The molecule has 0 aliphatic carbocycles. The standard InChI is InChI=1S/C23H26N4O2/c1-5-17-8-6-7-9-20(17)27-23(28)21-14-22(25-16(4)24-21)26-18-10-12-19(13-11-18)29-15(2)3/h6-15H,5H2,1-4H3,(H,27,28)(H,24,25,26). The Labute approximate surface area is 171 Å². The van der Waals surface area contributed by atoms with Crippen LogP contribution in [-0.4, -0.2) is 22.0 Å². The van der Waals surface area contributed by atoms with Crippen molar-refractivity contribution in [3.63, 3.8) is 0 Å². The Morgan fingerprint density at radius 3 is 2.48 bits per heavy atom. The van der Waals surface area contributed by atoms with Gasteiger partial charge >= 0.3 is 0 Å². The van der Waals surface area contributed by atoms with Crippen molar-refractivity contribution < 1.29 is 9.53 Å². The van der Waals surface area contributed by atoms with E-state index in [9.17, 15) is 4.79 Å². The molecule has 6 nitrogen and oxygen atoms in total. The second kappa shape index (κ2) is 9.19. The number of nitrogens with zero attached hydrogens (tertiary/aromatic N) is 2. The molecule has 6 heteroatoms. The summed E-state index contributed by atoms with van der Waals surface area (Å²) >= 11 is 0. The third-order valence-corrected chi connectivity index (χ3v) is 4.22. The highest BCUT2D eigenvalue weighted by Crippen LogP contribution is 2.21. The molecule has 0 saturated heterocycles. The number of amides is 1. The van der Waals surface area contributed by atoms with Crippen LogP contribution in [0.1, 0.15) is 42.6 Å². The maximum absolute atomic E-state index is 12.7. The Morgan fingerprint density at radius 2 is 1.79 bits per heavy atom. The van der Waals surface area contributed by atoms with Gasteiger partial charge in [0.15, 0.2) is 0 Å². The molecule has 0 saturated carbocycles. The molecule has 0 fully saturated rings. The lowest BCUT2D eigenvalue weighted by Crippen LogP contribution is -2.16. The molecule has 0 atom stereocenters. The van der Waals surface area contributed by atoms with Crippen LogP contribution in [0, 0.1) is 6.92 Å². The maximum atomic E-state index is 12.7. The minimum Gasteiger partial charge on any atom is -0.491 e. The molecule has 2 N–H and O–H groups in total. The van der Waals surface area contributed by atoms with Crippen LogP contribution < -0.4 is 15.4 Å². The van der Waals surface area contributed by atoms with Gasteiger partial charge < -0.3 is 15.4 Å². The lowest BCUT2D eigenvalue weighted by molar-refractivity contribution is 0.102. The predicted molar refractivity (Wildman–Crippen MR) is 116 cm³/mol. The molecule has 0 unspecified atom stereocenters. The molecule has 1 heterocycles. The van der Waals surface area contributed by atoms with Gasteiger partial charge in [0.2, 0.25) is 0 Å². The van der Waals surface area contributed by atoms with Crippen molar-refractivity contribution in [2.45, 2.75) is 40.2 Å². The number of anilines is 3. The number of ether oxygens (including phenoxy) is 1. The molecule has 2 aromatic carbocycles. The summed E-state index contributed by atoms with van der Waals surface area (Å²) in [6.45, 7) is 7.80. The van der Waals surface area contributed by atoms with E-state index in [-0.39, 0.29) is 12.0 Å². The third-order valence-electron chi connectivity index (χ3n) is 4.22. The molecular formula is C23H26N4O2. The molecule has 1 amide bonds. The molecule has 0 aliphatic rings. The van der Waals surface area contributed by atoms with Gasteiger partial charge in [-0.3, -0.25) is 4.79 Å². The van der Waals surface area contributed by atoms with Crippen molar-refractivity contribution >= 4 is 23.1 Å². The predicted octanol–water partition coefficient (Wildman–Crippen LogP) is 5.13. The van der Waals surface area contributed by atoms with Gasteiger partial charge in [-0.1, -0.05) is 25.1 Å². The summed E-state index contributed by atoms with van der Waals surface area (Å²) in [5, 5.41) is 6.17. The van der Waals surface area contributed by atoms with Crippen LogP contribution in [0.15, 0.2) is 54.6 Å². The first-order valence-corrected chi connectivity index (χ1v) is 9.73. The SMILES string of the molecule is CCc1ccccc1NC(=O)c1cc(Nc2ccc(OC(C)C)cc2)nc(C)n1. The summed E-state index contributed by atoms with van der Waals surface area (Å²) in [6.07, 6.45) is 0.958. The van der Waals surface area contributed by atoms with Crippen molar-refractivity contribution in [3.05, 3.63) is 71.7 Å². The van der Waals surface area contributed by atoms with E-state index in [1.54, 1.807) is 13.0 Å². The quantitative estimate of drug-likeness (QED) is 0.585. The minimum atomic E-state index is -0.264. The van der Waals surface area contributed by atoms with Crippen LogP contribution in [0.3, 0.4) is 0 Å². The van der Waals surface area contributed by atoms with E-state index in [2.05, 4.69) is 27.5 Å². The lowest BCUT2D eigenvalue weighted by atomic mass is 10.1. The normalized spacial score (nSPS) is 10.7. The number of aromatic nitrogens is 2. The number of aryl methyl sites for hydroxylation is 2. The van der Waals surface area contributed by atoms with Crippen molar-refractivity contribution in [2.75, 3.05) is 10.6 Å². The van der Waals surface area contributed by atoms with Gasteiger partial charge in [0.25, 0.3) is 5.91 Å². The highest BCUT2D eigenvalue weighted by Gasteiger charge is 2.13. The van der Waals surface area contributed by atoms with Crippen LogP contribution in [0.25, 0.3) is 0 Å². The van der Waals surface area contributed by atoms with Gasteiger partial charge in [-0.05, 0) is 63.1 Å². The third kappa shape index (κ3) is 5.54. The summed E-state index contributed by atoms with van der Waals surface area (Å²) in [5.74, 6) is 1.62. The van der Waals surface area contributed by atoms with E-state index < -0.39 is 0 Å². The monoisotopic (exact) mass is 390 g/mol. The number of rotatable bonds is 7. The topological polar surface area (TPSA) is 76.1 Å². The molecule has 3 aromatic rings. The van der Waals surface area contributed by atoms with E-state index in [1.165, 1.54) is 0 Å². The fourth-order valence-corrected chi connectivity index (χ4v) is 2.92. The van der Waals surface area contributed by atoms with Crippen LogP contribution in [0.4, 0.5) is 17.2 Å². The van der Waals surface area contributed by atoms with E-state index in [4.69, 9.17) is 4.74 Å².